The van der Waals surface area contributed by atoms with E-state index >= 15 is 0 Å². The highest BCUT2D eigenvalue weighted by Gasteiger charge is 2.36. The fraction of sp³-hybridized carbons (Fsp3) is 0.667. The summed E-state index contributed by atoms with van der Waals surface area (Å²) in [5, 5.41) is 0. The minimum Gasteiger partial charge on any atom is -0.323 e. The molecule has 1 aromatic rings. The average molecular weight is 274 g/mol. The van der Waals surface area contributed by atoms with Crippen LogP contribution in [-0.2, 0) is 0 Å². The van der Waals surface area contributed by atoms with Crippen LogP contribution < -0.4 is 5.73 Å². The van der Waals surface area contributed by atoms with Gasteiger partial charge in [0.1, 0.15) is 0 Å². The maximum absolute atomic E-state index is 6.56. The van der Waals surface area contributed by atoms with Gasteiger partial charge in [0, 0.05) is 24.7 Å². The molecule has 0 saturated carbocycles. The molecule has 3 unspecified atom stereocenters. The molecule has 2 heteroatoms. The largest absolute Gasteiger partial charge is 0.323 e. The highest BCUT2D eigenvalue weighted by Crippen LogP contribution is 2.36. The first kappa shape index (κ1) is 15.5. The van der Waals surface area contributed by atoms with Gasteiger partial charge in [0.25, 0.3) is 0 Å². The van der Waals surface area contributed by atoms with Gasteiger partial charge in [-0.3, -0.25) is 4.90 Å². The summed E-state index contributed by atoms with van der Waals surface area (Å²) < 4.78 is 0. The Labute approximate surface area is 124 Å². The van der Waals surface area contributed by atoms with Crippen molar-refractivity contribution in [1.82, 2.24) is 4.90 Å². The maximum Gasteiger partial charge on any atom is 0.0359 e. The number of nitrogens with zero attached hydrogens (tertiary/aromatic N) is 1. The van der Waals surface area contributed by atoms with Gasteiger partial charge in [-0.15, -0.1) is 0 Å². The summed E-state index contributed by atoms with van der Waals surface area (Å²) in [5.41, 5.74) is 7.89. The van der Waals surface area contributed by atoms with Crippen molar-refractivity contribution in [3.8, 4) is 0 Å². The molecule has 0 amide bonds. The number of rotatable bonds is 5. The second kappa shape index (κ2) is 6.28. The highest BCUT2D eigenvalue weighted by molar-refractivity contribution is 5.20. The Hall–Kier alpha value is -0.860. The molecule has 3 atom stereocenters. The molecule has 1 aliphatic rings. The molecule has 2 rings (SSSR count). The van der Waals surface area contributed by atoms with E-state index < -0.39 is 0 Å². The third-order valence-electron chi connectivity index (χ3n) is 5.01. The van der Waals surface area contributed by atoms with Gasteiger partial charge in [0.2, 0.25) is 0 Å². The van der Waals surface area contributed by atoms with Crippen molar-refractivity contribution in [2.45, 2.75) is 65.1 Å². The zero-order valence-corrected chi connectivity index (χ0v) is 13.5. The minimum atomic E-state index is 0.0906. The summed E-state index contributed by atoms with van der Waals surface area (Å²) in [6.45, 7) is 10.4. The van der Waals surface area contributed by atoms with Crippen LogP contribution in [0.2, 0.25) is 0 Å². The molecule has 1 aliphatic heterocycles. The first-order valence-electron chi connectivity index (χ1n) is 8.02. The SMILES string of the molecule is CCC1CCC(C)N1CC(C)(C)C(N)c1ccccc1. The van der Waals surface area contributed by atoms with Crippen molar-refractivity contribution in [2.24, 2.45) is 11.1 Å². The quantitative estimate of drug-likeness (QED) is 0.880. The monoisotopic (exact) mass is 274 g/mol. The Kier molecular flexibility index (Phi) is 4.87. The van der Waals surface area contributed by atoms with Gasteiger partial charge < -0.3 is 5.73 Å². The van der Waals surface area contributed by atoms with Crippen LogP contribution in [0.1, 0.15) is 58.6 Å². The highest BCUT2D eigenvalue weighted by atomic mass is 15.2. The van der Waals surface area contributed by atoms with Crippen molar-refractivity contribution < 1.29 is 0 Å². The summed E-state index contributed by atoms with van der Waals surface area (Å²) in [6.07, 6.45) is 3.92. The molecule has 1 fully saturated rings. The van der Waals surface area contributed by atoms with E-state index in [0.29, 0.717) is 6.04 Å². The fourth-order valence-corrected chi connectivity index (χ4v) is 3.53. The third-order valence-corrected chi connectivity index (χ3v) is 5.01. The van der Waals surface area contributed by atoms with Crippen LogP contribution in [0.25, 0.3) is 0 Å². The van der Waals surface area contributed by atoms with Gasteiger partial charge in [0.05, 0.1) is 0 Å². The number of hydrogen-bond donors (Lipinski definition) is 1. The predicted octanol–water partition coefficient (Wildman–Crippen LogP) is 3.98. The topological polar surface area (TPSA) is 29.3 Å². The van der Waals surface area contributed by atoms with Crippen molar-refractivity contribution >= 4 is 0 Å². The van der Waals surface area contributed by atoms with Gasteiger partial charge in [-0.1, -0.05) is 51.1 Å². The number of nitrogens with two attached hydrogens (primary N) is 1. The van der Waals surface area contributed by atoms with Crippen molar-refractivity contribution in [1.29, 1.82) is 0 Å². The van der Waals surface area contributed by atoms with Gasteiger partial charge in [0.15, 0.2) is 0 Å². The molecular formula is C18H30N2. The van der Waals surface area contributed by atoms with E-state index in [4.69, 9.17) is 5.73 Å². The van der Waals surface area contributed by atoms with Crippen LogP contribution in [0.5, 0.6) is 0 Å². The number of hydrogen-bond acceptors (Lipinski definition) is 2. The molecule has 2 nitrogen and oxygen atoms in total. The molecule has 20 heavy (non-hydrogen) atoms. The molecule has 1 heterocycles. The molecule has 112 valence electrons. The van der Waals surface area contributed by atoms with E-state index in [2.05, 4.69) is 62.9 Å². The summed E-state index contributed by atoms with van der Waals surface area (Å²) in [6, 6.07) is 12.0. The Morgan fingerprint density at radius 2 is 1.90 bits per heavy atom. The van der Waals surface area contributed by atoms with Gasteiger partial charge in [-0.25, -0.2) is 0 Å². The van der Waals surface area contributed by atoms with Crippen LogP contribution in [0, 0.1) is 5.41 Å². The maximum atomic E-state index is 6.56. The first-order valence-corrected chi connectivity index (χ1v) is 8.02. The lowest BCUT2D eigenvalue weighted by molar-refractivity contribution is 0.110. The second-order valence-corrected chi connectivity index (χ2v) is 7.04. The van der Waals surface area contributed by atoms with Crippen LogP contribution in [-0.4, -0.2) is 23.5 Å². The Balaban J connectivity index is 2.10. The molecule has 0 bridgehead atoms. The van der Waals surface area contributed by atoms with Crippen molar-refractivity contribution in [3.05, 3.63) is 35.9 Å². The average Bonchev–Trinajstić information content (AvgIpc) is 2.79. The molecule has 0 aromatic heterocycles. The smallest absolute Gasteiger partial charge is 0.0359 e. The molecule has 2 N–H and O–H groups in total. The minimum absolute atomic E-state index is 0.0906. The normalized spacial score (nSPS) is 25.9. The molecule has 1 saturated heterocycles. The Bertz CT molecular complexity index is 413. The molecular weight excluding hydrogens is 244 g/mol. The Morgan fingerprint density at radius 3 is 2.50 bits per heavy atom. The standard InChI is InChI=1S/C18H30N2/c1-5-16-12-11-14(2)20(16)13-18(3,4)17(19)15-9-7-6-8-10-15/h6-10,14,16-17H,5,11-13,19H2,1-4H3. The van der Waals surface area contributed by atoms with Crippen molar-refractivity contribution in [2.75, 3.05) is 6.54 Å². The van der Waals surface area contributed by atoms with Crippen LogP contribution >= 0.6 is 0 Å². The molecule has 0 aliphatic carbocycles. The first-order chi connectivity index (χ1) is 9.45. The van der Waals surface area contributed by atoms with E-state index in [-0.39, 0.29) is 11.5 Å². The third kappa shape index (κ3) is 3.24. The summed E-state index contributed by atoms with van der Waals surface area (Å²) in [7, 11) is 0. The summed E-state index contributed by atoms with van der Waals surface area (Å²) in [5.74, 6) is 0. The van der Waals surface area contributed by atoms with Crippen molar-refractivity contribution in [3.63, 3.8) is 0 Å². The molecule has 1 aromatic carbocycles. The van der Waals surface area contributed by atoms with E-state index in [0.717, 1.165) is 12.6 Å². The van der Waals surface area contributed by atoms with Crippen LogP contribution in [0.15, 0.2) is 30.3 Å². The fourth-order valence-electron chi connectivity index (χ4n) is 3.53. The molecule has 0 radical (unpaired) electrons. The van der Waals surface area contributed by atoms with Gasteiger partial charge in [-0.05, 0) is 37.2 Å². The van der Waals surface area contributed by atoms with E-state index in [1.807, 2.05) is 0 Å². The van der Waals surface area contributed by atoms with Crippen LogP contribution in [0.4, 0.5) is 0 Å². The Morgan fingerprint density at radius 1 is 1.25 bits per heavy atom. The lowest BCUT2D eigenvalue weighted by Gasteiger charge is -2.39. The number of benzene rings is 1. The lowest BCUT2D eigenvalue weighted by Crippen LogP contribution is -2.45. The zero-order chi connectivity index (χ0) is 14.8. The van der Waals surface area contributed by atoms with E-state index in [1.165, 1.54) is 24.8 Å². The summed E-state index contributed by atoms with van der Waals surface area (Å²) in [4.78, 5) is 2.68. The van der Waals surface area contributed by atoms with E-state index in [1.54, 1.807) is 0 Å². The zero-order valence-electron chi connectivity index (χ0n) is 13.5. The number of likely N-dealkylation sites (tertiary alicyclic amines) is 1. The summed E-state index contributed by atoms with van der Waals surface area (Å²) >= 11 is 0. The molecule has 0 spiro atoms. The second-order valence-electron chi connectivity index (χ2n) is 7.04. The van der Waals surface area contributed by atoms with Crippen LogP contribution in [0.3, 0.4) is 0 Å². The predicted molar refractivity (Wildman–Crippen MR) is 86.6 cm³/mol. The van der Waals surface area contributed by atoms with Gasteiger partial charge >= 0.3 is 0 Å². The van der Waals surface area contributed by atoms with E-state index in [9.17, 15) is 0 Å². The lowest BCUT2D eigenvalue weighted by atomic mass is 9.80. The van der Waals surface area contributed by atoms with Gasteiger partial charge in [-0.2, -0.15) is 0 Å².